The van der Waals surface area contributed by atoms with Gasteiger partial charge in [-0.05, 0) is 72.3 Å². The fraction of sp³-hybridized carbons (Fsp3) is 0.115. The molecule has 1 fully saturated rings. The molecule has 0 aromatic heterocycles. The van der Waals surface area contributed by atoms with E-state index >= 15 is 0 Å². The highest BCUT2D eigenvalue weighted by Gasteiger charge is 2.36. The van der Waals surface area contributed by atoms with Gasteiger partial charge in [-0.2, -0.15) is 0 Å². The third-order valence-electron chi connectivity index (χ3n) is 5.04. The largest absolute Gasteiger partial charge is 0.489 e. The molecule has 4 rings (SSSR count). The third kappa shape index (κ3) is 6.45. The predicted octanol–water partition coefficient (Wildman–Crippen LogP) is 6.56. The van der Waals surface area contributed by atoms with E-state index in [9.17, 15) is 14.4 Å². The molecule has 3 amide bonds. The number of carbonyl (C=O) groups excluding carboxylic acids is 3. The molecule has 0 bridgehead atoms. The van der Waals surface area contributed by atoms with Gasteiger partial charge in [0.15, 0.2) is 0 Å². The average molecular weight is 527 g/mol. The van der Waals surface area contributed by atoms with Gasteiger partial charge in [0.1, 0.15) is 18.9 Å². The Bertz CT molecular complexity index is 1340. The van der Waals surface area contributed by atoms with Gasteiger partial charge in [0.25, 0.3) is 11.1 Å². The van der Waals surface area contributed by atoms with Gasteiger partial charge in [-0.1, -0.05) is 53.5 Å². The Morgan fingerprint density at radius 3 is 2.63 bits per heavy atom. The van der Waals surface area contributed by atoms with Gasteiger partial charge in [0.2, 0.25) is 5.91 Å². The van der Waals surface area contributed by atoms with Crippen molar-refractivity contribution in [1.29, 1.82) is 0 Å². The summed E-state index contributed by atoms with van der Waals surface area (Å²) in [6.07, 6.45) is 1.60. The Hall–Kier alpha value is -3.26. The smallest absolute Gasteiger partial charge is 0.294 e. The zero-order valence-corrected chi connectivity index (χ0v) is 20.9. The average Bonchev–Trinajstić information content (AvgIpc) is 3.06. The zero-order valence-electron chi connectivity index (χ0n) is 18.6. The fourth-order valence-corrected chi connectivity index (χ4v) is 4.65. The summed E-state index contributed by atoms with van der Waals surface area (Å²) >= 11 is 12.9. The van der Waals surface area contributed by atoms with Crippen LogP contribution in [0, 0.1) is 6.92 Å². The van der Waals surface area contributed by atoms with E-state index in [0.717, 1.165) is 27.8 Å². The molecular formula is C26H20Cl2N2O4S. The minimum Gasteiger partial charge on any atom is -0.489 e. The van der Waals surface area contributed by atoms with Crippen molar-refractivity contribution in [2.24, 2.45) is 0 Å². The number of imide groups is 1. The van der Waals surface area contributed by atoms with E-state index in [1.54, 1.807) is 54.6 Å². The molecule has 178 valence electrons. The van der Waals surface area contributed by atoms with Crippen molar-refractivity contribution in [2.75, 3.05) is 11.9 Å². The highest BCUT2D eigenvalue weighted by Crippen LogP contribution is 2.33. The van der Waals surface area contributed by atoms with E-state index in [0.29, 0.717) is 27.0 Å². The van der Waals surface area contributed by atoms with Gasteiger partial charge >= 0.3 is 0 Å². The number of nitrogens with one attached hydrogen (secondary N) is 1. The standard InChI is InChI=1S/C26H20Cl2N2O4S/c1-16-4-2-6-20(10-16)29-24(31)14-30-25(32)23(35-26(30)33)12-17-5-3-7-21(11-17)34-15-18-8-9-19(27)13-22(18)28/h2-13H,14-15H2,1H3,(H,29,31)/b23-12+. The number of carbonyl (C=O) groups is 3. The first-order valence-corrected chi connectivity index (χ1v) is 12.1. The van der Waals surface area contributed by atoms with Crippen molar-refractivity contribution in [3.05, 3.63) is 98.4 Å². The maximum atomic E-state index is 12.8. The summed E-state index contributed by atoms with van der Waals surface area (Å²) < 4.78 is 5.83. The Kier molecular flexibility index (Phi) is 7.80. The number of rotatable bonds is 7. The van der Waals surface area contributed by atoms with Gasteiger partial charge < -0.3 is 10.1 Å². The third-order valence-corrected chi connectivity index (χ3v) is 6.54. The molecule has 3 aromatic carbocycles. The Morgan fingerprint density at radius 2 is 1.86 bits per heavy atom. The molecule has 0 radical (unpaired) electrons. The van der Waals surface area contributed by atoms with Gasteiger partial charge in [0, 0.05) is 21.3 Å². The van der Waals surface area contributed by atoms with Gasteiger partial charge in [-0.3, -0.25) is 19.3 Å². The monoisotopic (exact) mass is 526 g/mol. The van der Waals surface area contributed by atoms with Crippen molar-refractivity contribution in [2.45, 2.75) is 13.5 Å². The number of hydrogen-bond donors (Lipinski definition) is 1. The van der Waals surface area contributed by atoms with Crippen molar-refractivity contribution in [1.82, 2.24) is 4.90 Å². The molecule has 0 aliphatic carbocycles. The van der Waals surface area contributed by atoms with E-state index in [-0.39, 0.29) is 18.1 Å². The van der Waals surface area contributed by atoms with Crippen molar-refractivity contribution in [3.8, 4) is 5.75 Å². The molecule has 3 aromatic rings. The highest BCUT2D eigenvalue weighted by molar-refractivity contribution is 8.18. The van der Waals surface area contributed by atoms with Gasteiger partial charge in [-0.25, -0.2) is 0 Å². The fourth-order valence-electron chi connectivity index (χ4n) is 3.35. The molecule has 1 aliphatic rings. The summed E-state index contributed by atoms with van der Waals surface area (Å²) in [6.45, 7) is 1.79. The van der Waals surface area contributed by atoms with Crippen LogP contribution in [0.15, 0.2) is 71.6 Å². The van der Waals surface area contributed by atoms with E-state index in [2.05, 4.69) is 5.32 Å². The summed E-state index contributed by atoms with van der Waals surface area (Å²) in [5.74, 6) is -0.393. The Balaban J connectivity index is 1.41. The quantitative estimate of drug-likeness (QED) is 0.353. The molecule has 0 saturated carbocycles. The maximum Gasteiger partial charge on any atom is 0.294 e. The molecule has 9 heteroatoms. The van der Waals surface area contributed by atoms with Crippen LogP contribution >= 0.6 is 35.0 Å². The summed E-state index contributed by atoms with van der Waals surface area (Å²) in [7, 11) is 0. The highest BCUT2D eigenvalue weighted by atomic mass is 35.5. The Morgan fingerprint density at radius 1 is 1.06 bits per heavy atom. The topological polar surface area (TPSA) is 75.7 Å². The lowest BCUT2D eigenvalue weighted by molar-refractivity contribution is -0.127. The van der Waals surface area contributed by atoms with Crippen LogP contribution in [0.2, 0.25) is 10.0 Å². The molecule has 1 N–H and O–H groups in total. The molecule has 1 aliphatic heterocycles. The number of ether oxygens (including phenoxy) is 1. The van der Waals surface area contributed by atoms with Gasteiger partial charge in [0.05, 0.1) is 4.91 Å². The number of amides is 3. The van der Waals surface area contributed by atoms with Crippen LogP contribution in [0.25, 0.3) is 6.08 Å². The number of benzene rings is 3. The lowest BCUT2D eigenvalue weighted by Crippen LogP contribution is -2.36. The van der Waals surface area contributed by atoms with Crippen molar-refractivity contribution in [3.63, 3.8) is 0 Å². The van der Waals surface area contributed by atoms with Gasteiger partial charge in [-0.15, -0.1) is 0 Å². The summed E-state index contributed by atoms with van der Waals surface area (Å²) in [5.41, 5.74) is 3.06. The second-order valence-electron chi connectivity index (χ2n) is 7.78. The minimum absolute atomic E-state index is 0.233. The number of aryl methyl sites for hydroxylation is 1. The van der Waals surface area contributed by atoms with Crippen LogP contribution in [-0.4, -0.2) is 28.5 Å². The molecular weight excluding hydrogens is 507 g/mol. The van der Waals surface area contributed by atoms with E-state index in [4.69, 9.17) is 27.9 Å². The second-order valence-corrected chi connectivity index (χ2v) is 9.62. The molecule has 0 spiro atoms. The van der Waals surface area contributed by atoms with Crippen LogP contribution in [0.3, 0.4) is 0 Å². The van der Waals surface area contributed by atoms with Crippen LogP contribution in [0.5, 0.6) is 5.75 Å². The summed E-state index contributed by atoms with van der Waals surface area (Å²) in [6, 6.07) is 19.6. The number of hydrogen-bond acceptors (Lipinski definition) is 5. The van der Waals surface area contributed by atoms with Crippen LogP contribution in [-0.2, 0) is 16.2 Å². The van der Waals surface area contributed by atoms with Crippen molar-refractivity contribution < 1.29 is 19.1 Å². The van der Waals surface area contributed by atoms with Crippen LogP contribution < -0.4 is 10.1 Å². The molecule has 0 unspecified atom stereocenters. The zero-order chi connectivity index (χ0) is 24.9. The SMILES string of the molecule is Cc1cccc(NC(=O)CN2C(=O)S/C(=C/c3cccc(OCc4ccc(Cl)cc4Cl)c3)C2=O)c1. The van der Waals surface area contributed by atoms with Crippen molar-refractivity contribution >= 4 is 63.8 Å². The molecule has 1 heterocycles. The summed E-state index contributed by atoms with van der Waals surface area (Å²) in [5, 5.41) is 3.27. The normalized spacial score (nSPS) is 14.5. The molecule has 1 saturated heterocycles. The Labute approximate surface area is 216 Å². The van der Waals surface area contributed by atoms with E-state index in [1.807, 2.05) is 25.1 Å². The molecule has 6 nitrogen and oxygen atoms in total. The minimum atomic E-state index is -0.515. The maximum absolute atomic E-state index is 12.8. The number of halogens is 2. The summed E-state index contributed by atoms with van der Waals surface area (Å²) in [4.78, 5) is 38.8. The second kappa shape index (κ2) is 11.0. The number of nitrogens with zero attached hydrogens (tertiary/aromatic N) is 1. The predicted molar refractivity (Wildman–Crippen MR) is 140 cm³/mol. The number of thioether (sulfide) groups is 1. The first kappa shape index (κ1) is 24.9. The van der Waals surface area contributed by atoms with E-state index in [1.165, 1.54) is 0 Å². The molecule has 35 heavy (non-hydrogen) atoms. The number of anilines is 1. The first-order chi connectivity index (χ1) is 16.8. The van der Waals surface area contributed by atoms with Crippen LogP contribution in [0.1, 0.15) is 16.7 Å². The lowest BCUT2D eigenvalue weighted by atomic mass is 10.2. The van der Waals surface area contributed by atoms with E-state index < -0.39 is 17.1 Å². The molecule has 0 atom stereocenters. The first-order valence-electron chi connectivity index (χ1n) is 10.6. The van der Waals surface area contributed by atoms with Crippen LogP contribution in [0.4, 0.5) is 10.5 Å². The lowest BCUT2D eigenvalue weighted by Gasteiger charge is -2.12.